The van der Waals surface area contributed by atoms with Gasteiger partial charge in [-0.15, -0.1) is 0 Å². The van der Waals surface area contributed by atoms with Gasteiger partial charge in [0.05, 0.1) is 0 Å². The monoisotopic (exact) mass is 841 g/mol. The first-order chi connectivity index (χ1) is 28.1. The fourth-order valence-corrected chi connectivity index (χ4v) is 12.4. The summed E-state index contributed by atoms with van der Waals surface area (Å²) in [4.78, 5) is 5.53. The first-order valence-electron chi connectivity index (χ1n) is 26.4. The van der Waals surface area contributed by atoms with Gasteiger partial charge < -0.3 is 18.7 Å². The standard InChI is InChI=1S/C51H108N2O2SSi/c1-6-11-16-20-24-28-32-36-41-52(42-37-33-29-25-21-17-12-7-2)45-47-54-57(50-15-10-5,51-40-49-56)55-48-46-53(43-38-34-30-26-22-18-13-8-3)44-39-35-31-27-23-19-14-9-4/h56H,6-51H2,1-5H3. The van der Waals surface area contributed by atoms with E-state index in [4.69, 9.17) is 8.85 Å². The highest BCUT2D eigenvalue weighted by Crippen LogP contribution is 2.25. The summed E-state index contributed by atoms with van der Waals surface area (Å²) in [5.41, 5.74) is 0. The van der Waals surface area contributed by atoms with Crippen molar-refractivity contribution in [2.24, 2.45) is 0 Å². The number of thiol groups is 1. The summed E-state index contributed by atoms with van der Waals surface area (Å²) in [6, 6.07) is 2.24. The zero-order valence-electron chi connectivity index (χ0n) is 40.2. The SMILES string of the molecule is CCCCCCCCCCN(CCCCCCCCCC)CCO[Si](CCCC)(CCCS)OCCN(CCCCCCCCCC)CCCCCCCCCC. The Labute approximate surface area is 368 Å². The molecule has 4 nitrogen and oxygen atoms in total. The fourth-order valence-electron chi connectivity index (χ4n) is 8.52. The molecule has 0 fully saturated rings. The summed E-state index contributed by atoms with van der Waals surface area (Å²) in [6.07, 6.45) is 48.2. The van der Waals surface area contributed by atoms with Crippen LogP contribution in [0.5, 0.6) is 0 Å². The Bertz CT molecular complexity index is 646. The molecule has 0 rings (SSSR count). The average molecular weight is 842 g/mol. The molecule has 0 aliphatic heterocycles. The number of nitrogens with zero attached hydrogens (tertiary/aromatic N) is 2. The van der Waals surface area contributed by atoms with Gasteiger partial charge in [-0.1, -0.05) is 227 Å². The minimum atomic E-state index is -2.31. The van der Waals surface area contributed by atoms with Crippen LogP contribution in [0.2, 0.25) is 12.1 Å². The maximum Gasteiger partial charge on any atom is 0.338 e. The van der Waals surface area contributed by atoms with Crippen molar-refractivity contribution in [3.8, 4) is 0 Å². The molecule has 0 aromatic rings. The Hall–Kier alpha value is 0.407. The van der Waals surface area contributed by atoms with Crippen molar-refractivity contribution < 1.29 is 8.85 Å². The average Bonchev–Trinajstić information content (AvgIpc) is 3.22. The minimum absolute atomic E-state index is 0.844. The van der Waals surface area contributed by atoms with Crippen LogP contribution in [-0.2, 0) is 8.85 Å². The second-order valence-electron chi connectivity index (χ2n) is 18.1. The van der Waals surface area contributed by atoms with Crippen LogP contribution in [0.1, 0.15) is 259 Å². The predicted octanol–water partition coefficient (Wildman–Crippen LogP) is 16.7. The number of unbranched alkanes of at least 4 members (excludes halogenated alkanes) is 29. The molecule has 6 heteroatoms. The summed E-state index contributed by atoms with van der Waals surface area (Å²) >= 11 is 4.68. The van der Waals surface area contributed by atoms with E-state index in [1.807, 2.05) is 0 Å². The highest BCUT2D eigenvalue weighted by Gasteiger charge is 2.36. The minimum Gasteiger partial charge on any atom is -0.393 e. The summed E-state index contributed by atoms with van der Waals surface area (Å²) < 4.78 is 14.3. The lowest BCUT2D eigenvalue weighted by atomic mass is 10.1. The first-order valence-corrected chi connectivity index (χ1v) is 29.3. The quantitative estimate of drug-likeness (QED) is 0.0375. The largest absolute Gasteiger partial charge is 0.393 e. The zero-order chi connectivity index (χ0) is 41.6. The Balaban J connectivity index is 5.30. The van der Waals surface area contributed by atoms with Crippen LogP contribution in [-0.4, -0.2) is 76.6 Å². The molecule has 0 aromatic carbocycles. The van der Waals surface area contributed by atoms with Gasteiger partial charge in [0.2, 0.25) is 0 Å². The van der Waals surface area contributed by atoms with Gasteiger partial charge in [0.1, 0.15) is 0 Å². The van der Waals surface area contributed by atoms with Crippen LogP contribution in [0.3, 0.4) is 0 Å². The van der Waals surface area contributed by atoms with E-state index in [0.29, 0.717) is 0 Å². The molecule has 0 heterocycles. The molecule has 0 unspecified atom stereocenters. The number of hydrogen-bond acceptors (Lipinski definition) is 5. The first kappa shape index (κ1) is 57.4. The third-order valence-electron chi connectivity index (χ3n) is 12.5. The molecule has 0 amide bonds. The van der Waals surface area contributed by atoms with Gasteiger partial charge in [-0.2, -0.15) is 12.6 Å². The molecular formula is C51H108N2O2SSi. The third-order valence-corrected chi connectivity index (χ3v) is 16.5. The molecule has 0 N–H and O–H groups in total. The van der Waals surface area contributed by atoms with E-state index in [2.05, 4.69) is 57.0 Å². The van der Waals surface area contributed by atoms with Crippen LogP contribution in [0.4, 0.5) is 0 Å². The smallest absolute Gasteiger partial charge is 0.338 e. The van der Waals surface area contributed by atoms with Crippen LogP contribution in [0.25, 0.3) is 0 Å². The molecule has 344 valence electrons. The maximum atomic E-state index is 7.14. The van der Waals surface area contributed by atoms with Crippen molar-refractivity contribution in [2.75, 3.05) is 58.2 Å². The van der Waals surface area contributed by atoms with Gasteiger partial charge in [-0.25, -0.2) is 0 Å². The van der Waals surface area contributed by atoms with E-state index in [-0.39, 0.29) is 0 Å². The normalized spacial score (nSPS) is 12.2. The lowest BCUT2D eigenvalue weighted by Gasteiger charge is -2.33. The van der Waals surface area contributed by atoms with E-state index in [1.165, 1.54) is 244 Å². The molecule has 0 aliphatic carbocycles. The molecule has 0 aliphatic rings. The Morgan fingerprint density at radius 3 is 0.807 bits per heavy atom. The van der Waals surface area contributed by atoms with Gasteiger partial charge in [0.25, 0.3) is 0 Å². The zero-order valence-corrected chi connectivity index (χ0v) is 42.1. The van der Waals surface area contributed by atoms with Crippen molar-refractivity contribution in [2.45, 2.75) is 271 Å². The van der Waals surface area contributed by atoms with Crippen molar-refractivity contribution in [1.29, 1.82) is 0 Å². The molecule has 0 radical (unpaired) electrons. The lowest BCUT2D eigenvalue weighted by molar-refractivity contribution is 0.122. The van der Waals surface area contributed by atoms with E-state index in [9.17, 15) is 0 Å². The van der Waals surface area contributed by atoms with Crippen LogP contribution >= 0.6 is 12.6 Å². The second-order valence-corrected chi connectivity index (χ2v) is 22.0. The molecule has 0 spiro atoms. The van der Waals surface area contributed by atoms with Crippen LogP contribution in [0.15, 0.2) is 0 Å². The topological polar surface area (TPSA) is 24.9 Å². The van der Waals surface area contributed by atoms with Crippen LogP contribution < -0.4 is 0 Å². The maximum absolute atomic E-state index is 7.14. The van der Waals surface area contributed by atoms with E-state index < -0.39 is 8.56 Å². The van der Waals surface area contributed by atoms with Crippen molar-refractivity contribution >= 4 is 21.2 Å². The molecule has 0 aromatic heterocycles. The Morgan fingerprint density at radius 2 is 0.544 bits per heavy atom. The van der Waals surface area contributed by atoms with Crippen LogP contribution in [0, 0.1) is 0 Å². The van der Waals surface area contributed by atoms with Gasteiger partial charge in [-0.05, 0) is 76.1 Å². The predicted molar refractivity (Wildman–Crippen MR) is 264 cm³/mol. The molecule has 0 saturated heterocycles. The van der Waals surface area contributed by atoms with Gasteiger partial charge in [0.15, 0.2) is 0 Å². The number of rotatable bonds is 50. The second kappa shape index (κ2) is 47.5. The highest BCUT2D eigenvalue weighted by molar-refractivity contribution is 7.80. The van der Waals surface area contributed by atoms with Crippen molar-refractivity contribution in [3.05, 3.63) is 0 Å². The summed E-state index contributed by atoms with van der Waals surface area (Å²) in [6.45, 7) is 20.4. The molecule has 0 saturated carbocycles. The molecule has 57 heavy (non-hydrogen) atoms. The van der Waals surface area contributed by atoms with Crippen molar-refractivity contribution in [1.82, 2.24) is 9.80 Å². The lowest BCUT2D eigenvalue weighted by Crippen LogP contribution is -2.46. The molecule has 0 atom stereocenters. The van der Waals surface area contributed by atoms with E-state index >= 15 is 0 Å². The molecular weight excluding hydrogens is 733 g/mol. The Kier molecular flexibility index (Phi) is 47.8. The van der Waals surface area contributed by atoms with E-state index in [0.717, 1.165) is 50.6 Å². The van der Waals surface area contributed by atoms with Gasteiger partial charge in [-0.3, -0.25) is 0 Å². The van der Waals surface area contributed by atoms with Gasteiger partial charge >= 0.3 is 8.56 Å². The highest BCUT2D eigenvalue weighted by atomic mass is 32.1. The third kappa shape index (κ3) is 40.3. The summed E-state index contributed by atoms with van der Waals surface area (Å²) in [5, 5.41) is 0. The summed E-state index contributed by atoms with van der Waals surface area (Å²) in [5.74, 6) is 0.930. The molecule has 0 bridgehead atoms. The summed E-state index contributed by atoms with van der Waals surface area (Å²) in [7, 11) is -2.31. The Morgan fingerprint density at radius 1 is 0.298 bits per heavy atom. The van der Waals surface area contributed by atoms with Gasteiger partial charge in [0, 0.05) is 26.3 Å². The number of hydrogen-bond donors (Lipinski definition) is 1. The fraction of sp³-hybridized carbons (Fsp3) is 1.00. The van der Waals surface area contributed by atoms with Crippen molar-refractivity contribution in [3.63, 3.8) is 0 Å². The van der Waals surface area contributed by atoms with E-state index in [1.54, 1.807) is 0 Å².